The van der Waals surface area contributed by atoms with Crippen LogP contribution in [0.5, 0.6) is 0 Å². The molecule has 0 spiro atoms. The van der Waals surface area contributed by atoms with Gasteiger partial charge >= 0.3 is 0 Å². The predicted octanol–water partition coefficient (Wildman–Crippen LogP) is 4.00. The number of carbonyl (C=O) groups excluding carboxylic acids is 2. The fraction of sp³-hybridized carbons (Fsp3) is 0.105. The second-order valence-electron chi connectivity index (χ2n) is 5.38. The number of aromatic nitrogens is 1. The van der Waals surface area contributed by atoms with Gasteiger partial charge in [-0.3, -0.25) is 14.6 Å². The number of nitrogens with zero attached hydrogens (tertiary/aromatic N) is 1. The number of benzene rings is 2. The van der Waals surface area contributed by atoms with E-state index in [0.29, 0.717) is 16.8 Å². The summed E-state index contributed by atoms with van der Waals surface area (Å²) in [6.07, 6.45) is 0. The average Bonchev–Trinajstić information content (AvgIpc) is 2.54. The molecule has 2 aromatic carbocycles. The fourth-order valence-electron chi connectivity index (χ4n) is 2.58. The molecule has 1 amide bonds. The van der Waals surface area contributed by atoms with Crippen molar-refractivity contribution in [1.29, 1.82) is 0 Å². The number of hydrogen-bond donors (Lipinski definition) is 1. The van der Waals surface area contributed by atoms with Crippen molar-refractivity contribution in [3.8, 4) is 0 Å². The van der Waals surface area contributed by atoms with Crippen LogP contribution in [0.15, 0.2) is 54.6 Å². The van der Waals surface area contributed by atoms with E-state index in [-0.39, 0.29) is 11.7 Å². The van der Waals surface area contributed by atoms with Crippen LogP contribution < -0.4 is 5.32 Å². The van der Waals surface area contributed by atoms with Gasteiger partial charge in [0.25, 0.3) is 5.91 Å². The second kappa shape index (κ2) is 6.01. The van der Waals surface area contributed by atoms with Gasteiger partial charge in [-0.2, -0.15) is 0 Å². The van der Waals surface area contributed by atoms with E-state index in [1.54, 1.807) is 30.3 Å². The molecule has 0 unspecified atom stereocenters. The molecule has 0 saturated carbocycles. The molecule has 0 aliphatic rings. The van der Waals surface area contributed by atoms with E-state index in [9.17, 15) is 9.59 Å². The third-order valence-electron chi connectivity index (χ3n) is 3.64. The maximum absolute atomic E-state index is 12.7. The van der Waals surface area contributed by atoms with Crippen molar-refractivity contribution in [2.75, 3.05) is 5.32 Å². The van der Waals surface area contributed by atoms with E-state index in [1.807, 2.05) is 31.2 Å². The number of aryl methyl sites for hydroxylation is 1. The highest BCUT2D eigenvalue weighted by atomic mass is 16.1. The lowest BCUT2D eigenvalue weighted by Crippen LogP contribution is -2.15. The molecule has 4 heteroatoms. The molecule has 0 fully saturated rings. The van der Waals surface area contributed by atoms with Crippen molar-refractivity contribution in [1.82, 2.24) is 4.98 Å². The summed E-state index contributed by atoms with van der Waals surface area (Å²) in [4.78, 5) is 28.8. The lowest BCUT2D eigenvalue weighted by molar-refractivity contribution is 0.101. The van der Waals surface area contributed by atoms with Crippen molar-refractivity contribution >= 4 is 28.3 Å². The van der Waals surface area contributed by atoms with Crippen molar-refractivity contribution < 1.29 is 9.59 Å². The highest BCUT2D eigenvalue weighted by Crippen LogP contribution is 2.21. The molecule has 0 radical (unpaired) electrons. The van der Waals surface area contributed by atoms with E-state index in [1.165, 1.54) is 6.92 Å². The molecule has 114 valence electrons. The normalized spacial score (nSPS) is 10.5. The number of carbonyl (C=O) groups is 2. The third kappa shape index (κ3) is 2.97. The molecule has 1 aromatic heterocycles. The van der Waals surface area contributed by atoms with Gasteiger partial charge in [-0.05, 0) is 38.1 Å². The summed E-state index contributed by atoms with van der Waals surface area (Å²) in [6, 6.07) is 16.3. The topological polar surface area (TPSA) is 59.1 Å². The molecule has 23 heavy (non-hydrogen) atoms. The van der Waals surface area contributed by atoms with Gasteiger partial charge in [-0.25, -0.2) is 0 Å². The zero-order valence-electron chi connectivity index (χ0n) is 13.0. The first-order valence-corrected chi connectivity index (χ1v) is 7.34. The number of rotatable bonds is 3. The zero-order valence-corrected chi connectivity index (χ0v) is 13.0. The molecule has 3 aromatic rings. The molecule has 1 heterocycles. The minimum absolute atomic E-state index is 0.0864. The standard InChI is InChI=1S/C19H16N2O2/c1-12-11-16(15-8-4-6-10-18(15)20-12)19(23)21-17-9-5-3-7-14(17)13(2)22/h3-11H,1-2H3,(H,21,23). The summed E-state index contributed by atoms with van der Waals surface area (Å²) in [6.45, 7) is 3.34. The number of ketones is 1. The highest BCUT2D eigenvalue weighted by Gasteiger charge is 2.14. The summed E-state index contributed by atoms with van der Waals surface area (Å²) < 4.78 is 0. The van der Waals surface area contributed by atoms with Gasteiger partial charge in [0.2, 0.25) is 0 Å². The predicted molar refractivity (Wildman–Crippen MR) is 90.9 cm³/mol. The van der Waals surface area contributed by atoms with Crippen LogP contribution >= 0.6 is 0 Å². The van der Waals surface area contributed by atoms with Crippen LogP contribution in [0.25, 0.3) is 10.9 Å². The number of Topliss-reactive ketones (excluding diaryl/α,β-unsaturated/α-hetero) is 1. The largest absolute Gasteiger partial charge is 0.321 e. The summed E-state index contributed by atoms with van der Waals surface area (Å²) >= 11 is 0. The Balaban J connectivity index is 2.04. The van der Waals surface area contributed by atoms with Crippen LogP contribution in [0.3, 0.4) is 0 Å². The first kappa shape index (κ1) is 14.9. The number of amides is 1. The van der Waals surface area contributed by atoms with Crippen LogP contribution in [0, 0.1) is 6.92 Å². The van der Waals surface area contributed by atoms with Gasteiger partial charge in [0, 0.05) is 16.6 Å². The average molecular weight is 304 g/mol. The van der Waals surface area contributed by atoms with Crippen molar-refractivity contribution in [3.05, 3.63) is 71.4 Å². The minimum atomic E-state index is -0.250. The second-order valence-corrected chi connectivity index (χ2v) is 5.38. The maximum atomic E-state index is 12.7. The van der Waals surface area contributed by atoms with E-state index in [2.05, 4.69) is 10.3 Å². The number of pyridine rings is 1. The van der Waals surface area contributed by atoms with Crippen molar-refractivity contribution in [2.24, 2.45) is 0 Å². The first-order chi connectivity index (χ1) is 11.1. The monoisotopic (exact) mass is 304 g/mol. The maximum Gasteiger partial charge on any atom is 0.256 e. The van der Waals surface area contributed by atoms with E-state index < -0.39 is 0 Å². The number of anilines is 1. The lowest BCUT2D eigenvalue weighted by atomic mass is 10.1. The molecular weight excluding hydrogens is 288 g/mol. The molecule has 3 rings (SSSR count). The Labute approximate surface area is 134 Å². The number of hydrogen-bond acceptors (Lipinski definition) is 3. The van der Waals surface area contributed by atoms with Crippen molar-refractivity contribution in [2.45, 2.75) is 13.8 Å². The Hall–Kier alpha value is -3.01. The minimum Gasteiger partial charge on any atom is -0.321 e. The van der Waals surface area contributed by atoms with Gasteiger partial charge in [-0.1, -0.05) is 30.3 Å². The quantitative estimate of drug-likeness (QED) is 0.744. The van der Waals surface area contributed by atoms with Gasteiger partial charge < -0.3 is 5.32 Å². The molecular formula is C19H16N2O2. The Morgan fingerprint density at radius 3 is 2.43 bits per heavy atom. The van der Waals surface area contributed by atoms with Crippen LogP contribution in [-0.4, -0.2) is 16.7 Å². The summed E-state index contributed by atoms with van der Waals surface area (Å²) in [5.74, 6) is -0.336. The Morgan fingerprint density at radius 1 is 0.957 bits per heavy atom. The third-order valence-corrected chi connectivity index (χ3v) is 3.64. The first-order valence-electron chi connectivity index (χ1n) is 7.34. The van der Waals surface area contributed by atoms with Gasteiger partial charge in [0.1, 0.15) is 0 Å². The van der Waals surface area contributed by atoms with E-state index in [4.69, 9.17) is 0 Å². The Bertz CT molecular complexity index is 916. The van der Waals surface area contributed by atoms with Gasteiger partial charge in [-0.15, -0.1) is 0 Å². The van der Waals surface area contributed by atoms with Crippen LogP contribution in [0.2, 0.25) is 0 Å². The molecule has 0 atom stereocenters. The fourth-order valence-corrected chi connectivity index (χ4v) is 2.58. The van der Waals surface area contributed by atoms with Crippen LogP contribution in [-0.2, 0) is 0 Å². The van der Waals surface area contributed by atoms with Crippen LogP contribution in [0.4, 0.5) is 5.69 Å². The molecule has 0 aliphatic heterocycles. The molecule has 0 bridgehead atoms. The van der Waals surface area contributed by atoms with Gasteiger partial charge in [0.15, 0.2) is 5.78 Å². The lowest BCUT2D eigenvalue weighted by Gasteiger charge is -2.11. The summed E-state index contributed by atoms with van der Waals surface area (Å²) in [7, 11) is 0. The SMILES string of the molecule is CC(=O)c1ccccc1NC(=O)c1cc(C)nc2ccccc12. The molecule has 1 N–H and O–H groups in total. The number of para-hydroxylation sites is 2. The van der Waals surface area contributed by atoms with Crippen molar-refractivity contribution in [3.63, 3.8) is 0 Å². The molecule has 0 saturated heterocycles. The Kier molecular flexibility index (Phi) is 3.89. The number of nitrogens with one attached hydrogen (secondary N) is 1. The smallest absolute Gasteiger partial charge is 0.256 e. The summed E-state index contributed by atoms with van der Waals surface area (Å²) in [5.41, 5.74) is 3.11. The molecule has 0 aliphatic carbocycles. The highest BCUT2D eigenvalue weighted by molar-refractivity contribution is 6.14. The Morgan fingerprint density at radius 2 is 1.65 bits per heavy atom. The zero-order chi connectivity index (χ0) is 16.4. The van der Waals surface area contributed by atoms with Gasteiger partial charge in [0.05, 0.1) is 16.8 Å². The van der Waals surface area contributed by atoms with E-state index in [0.717, 1.165) is 16.6 Å². The number of fused-ring (bicyclic) bond motifs is 1. The molecule has 4 nitrogen and oxygen atoms in total. The van der Waals surface area contributed by atoms with Crippen LogP contribution in [0.1, 0.15) is 33.3 Å². The van der Waals surface area contributed by atoms with E-state index >= 15 is 0 Å². The summed E-state index contributed by atoms with van der Waals surface area (Å²) in [5, 5.41) is 3.63.